The van der Waals surface area contributed by atoms with Crippen LogP contribution in [0.25, 0.3) is 0 Å². The maximum atomic E-state index is 9.03. The quantitative estimate of drug-likeness (QED) is 0.133. The van der Waals surface area contributed by atoms with E-state index < -0.39 is 0 Å². The summed E-state index contributed by atoms with van der Waals surface area (Å²) in [6.45, 7) is 1.15. The fraction of sp³-hybridized carbons (Fsp3) is 1.00. The molecule has 0 amide bonds. The Labute approximate surface area is 181 Å². The van der Waals surface area contributed by atoms with E-state index in [4.69, 9.17) is 20.4 Å². The first-order valence-corrected chi connectivity index (χ1v) is 10.7. The fourth-order valence-electron chi connectivity index (χ4n) is 3.90. The van der Waals surface area contributed by atoms with Gasteiger partial charge in [0, 0.05) is 53.7 Å². The zero-order valence-electron chi connectivity index (χ0n) is 16.9. The zero-order valence-corrected chi connectivity index (χ0v) is 20.8. The van der Waals surface area contributed by atoms with E-state index in [0.717, 1.165) is 51.4 Å². The molecule has 0 aromatic rings. The molecule has 156 valence electrons. The van der Waals surface area contributed by atoms with Gasteiger partial charge in [0.15, 0.2) is 0 Å². The molecule has 4 nitrogen and oxygen atoms in total. The topological polar surface area (TPSA) is 80.9 Å². The van der Waals surface area contributed by atoms with Gasteiger partial charge < -0.3 is 20.4 Å². The molecule has 0 rings (SSSR count). The average Bonchev–Trinajstić information content (AvgIpc) is 2.63. The predicted octanol–water partition coefficient (Wildman–Crippen LogP) is 3.80. The summed E-state index contributed by atoms with van der Waals surface area (Å²) in [6.07, 6.45) is 17.6. The summed E-state index contributed by atoms with van der Waals surface area (Å²) >= 11 is 0. The zero-order chi connectivity index (χ0) is 18.6. The Bertz CT molecular complexity index is 211. The van der Waals surface area contributed by atoms with E-state index in [1.807, 2.05) is 0 Å². The second-order valence-corrected chi connectivity index (χ2v) is 7.64. The van der Waals surface area contributed by atoms with E-state index in [2.05, 4.69) is 0 Å². The van der Waals surface area contributed by atoms with E-state index in [0.29, 0.717) is 5.41 Å². The van der Waals surface area contributed by atoms with Gasteiger partial charge in [-0.2, -0.15) is 0 Å². The number of hydrogen-bond acceptors (Lipinski definition) is 4. The van der Waals surface area contributed by atoms with Crippen molar-refractivity contribution < 1.29 is 20.4 Å². The van der Waals surface area contributed by atoms with Crippen molar-refractivity contribution in [3.8, 4) is 0 Å². The molecule has 26 heavy (non-hydrogen) atoms. The molecule has 0 aliphatic heterocycles. The van der Waals surface area contributed by atoms with Crippen LogP contribution in [0.4, 0.5) is 0 Å². The van der Waals surface area contributed by atoms with E-state index >= 15 is 0 Å². The Morgan fingerprint density at radius 2 is 0.577 bits per heavy atom. The molecule has 4 N–H and O–H groups in total. The molecule has 0 unspecified atom stereocenters. The van der Waals surface area contributed by atoms with Gasteiger partial charge in [-0.05, 0) is 56.8 Å². The SMILES string of the molecule is OCCCCCC(CCCCCO)(CCCCCO)CCCCCO.[Pb]. The Kier molecular flexibility index (Phi) is 24.6. The van der Waals surface area contributed by atoms with Gasteiger partial charge in [0.2, 0.25) is 0 Å². The molecule has 0 heterocycles. The number of unbranched alkanes of at least 4 members (excludes halogenated alkanes) is 8. The Morgan fingerprint density at radius 1 is 0.346 bits per heavy atom. The number of aliphatic hydroxyl groups is 4. The standard InChI is InChI=1S/C21H44O4.Pb/c22-17-9-1-5-13-21(14-6-2-10-18-23,15-7-3-11-19-24)16-8-4-12-20-25;/h22-25H,1-20H2;. The normalized spacial score (nSPS) is 11.5. The largest absolute Gasteiger partial charge is 0.396 e. The van der Waals surface area contributed by atoms with Crippen LogP contribution >= 0.6 is 0 Å². The number of rotatable bonds is 20. The smallest absolute Gasteiger partial charge is 0.0431 e. The van der Waals surface area contributed by atoms with Crippen LogP contribution in [0.15, 0.2) is 0 Å². The molecule has 0 fully saturated rings. The minimum absolute atomic E-state index is 0. The summed E-state index contributed by atoms with van der Waals surface area (Å²) in [5.74, 6) is 0. The van der Waals surface area contributed by atoms with Gasteiger partial charge in [-0.1, -0.05) is 51.4 Å². The van der Waals surface area contributed by atoms with E-state index in [1.165, 1.54) is 51.4 Å². The number of hydrogen-bond donors (Lipinski definition) is 4. The minimum atomic E-state index is 0. The maximum absolute atomic E-state index is 9.03. The van der Waals surface area contributed by atoms with Crippen LogP contribution in [0, 0.1) is 5.41 Å². The monoisotopic (exact) mass is 568 g/mol. The second kappa shape index (κ2) is 22.1. The summed E-state index contributed by atoms with van der Waals surface area (Å²) in [7, 11) is 0. The van der Waals surface area contributed by atoms with Gasteiger partial charge >= 0.3 is 0 Å². The van der Waals surface area contributed by atoms with Gasteiger partial charge in [0.1, 0.15) is 0 Å². The molecule has 0 aromatic carbocycles. The molecule has 4 radical (unpaired) electrons. The Balaban J connectivity index is 0. The predicted molar refractivity (Wildman–Crippen MR) is 110 cm³/mol. The van der Waals surface area contributed by atoms with Crippen LogP contribution in [0.2, 0.25) is 0 Å². The molecule has 0 bridgehead atoms. The van der Waals surface area contributed by atoms with Crippen molar-refractivity contribution in [3.63, 3.8) is 0 Å². The summed E-state index contributed by atoms with van der Waals surface area (Å²) in [4.78, 5) is 0. The molecule has 0 spiro atoms. The van der Waals surface area contributed by atoms with Crippen LogP contribution < -0.4 is 0 Å². The van der Waals surface area contributed by atoms with Gasteiger partial charge in [0.05, 0.1) is 0 Å². The summed E-state index contributed by atoms with van der Waals surface area (Å²) < 4.78 is 0. The molecule has 0 aromatic heterocycles. The maximum Gasteiger partial charge on any atom is 0.0431 e. The van der Waals surface area contributed by atoms with Crippen molar-refractivity contribution in [2.45, 2.75) is 103 Å². The van der Waals surface area contributed by atoms with Crippen molar-refractivity contribution in [1.82, 2.24) is 0 Å². The van der Waals surface area contributed by atoms with Gasteiger partial charge in [-0.25, -0.2) is 0 Å². The first kappa shape index (κ1) is 29.0. The summed E-state index contributed by atoms with van der Waals surface area (Å²) in [5, 5.41) is 36.1. The van der Waals surface area contributed by atoms with Crippen molar-refractivity contribution in [2.75, 3.05) is 26.4 Å². The summed E-state index contributed by atoms with van der Waals surface area (Å²) in [5.41, 5.74) is 0.371. The molecule has 5 heteroatoms. The van der Waals surface area contributed by atoms with E-state index in [9.17, 15) is 0 Å². The van der Waals surface area contributed by atoms with Crippen LogP contribution in [-0.2, 0) is 0 Å². The molecule has 0 atom stereocenters. The molecule has 0 saturated carbocycles. The minimum Gasteiger partial charge on any atom is -0.396 e. The third-order valence-corrected chi connectivity index (χ3v) is 5.46. The van der Waals surface area contributed by atoms with Gasteiger partial charge in [0.25, 0.3) is 0 Å². The van der Waals surface area contributed by atoms with Gasteiger partial charge in [-0.3, -0.25) is 0 Å². The van der Waals surface area contributed by atoms with E-state index in [1.54, 1.807) is 0 Å². The third-order valence-electron chi connectivity index (χ3n) is 5.46. The van der Waals surface area contributed by atoms with Crippen molar-refractivity contribution in [2.24, 2.45) is 5.41 Å². The fourth-order valence-corrected chi connectivity index (χ4v) is 3.90. The first-order valence-electron chi connectivity index (χ1n) is 10.7. The second-order valence-electron chi connectivity index (χ2n) is 7.64. The van der Waals surface area contributed by atoms with Crippen molar-refractivity contribution in [3.05, 3.63) is 0 Å². The van der Waals surface area contributed by atoms with Crippen molar-refractivity contribution >= 4 is 27.3 Å². The van der Waals surface area contributed by atoms with Crippen LogP contribution in [-0.4, -0.2) is 74.2 Å². The Hall–Kier alpha value is 0.762. The third kappa shape index (κ3) is 16.9. The van der Waals surface area contributed by atoms with Crippen LogP contribution in [0.3, 0.4) is 0 Å². The average molecular weight is 568 g/mol. The van der Waals surface area contributed by atoms with Gasteiger partial charge in [-0.15, -0.1) is 0 Å². The molecular formula is C21H44O4Pb. The number of aliphatic hydroxyl groups excluding tert-OH is 4. The first-order chi connectivity index (χ1) is 12.2. The molecule has 0 aliphatic rings. The molecule has 0 saturated heterocycles. The van der Waals surface area contributed by atoms with Crippen LogP contribution in [0.1, 0.15) is 103 Å². The van der Waals surface area contributed by atoms with Crippen molar-refractivity contribution in [1.29, 1.82) is 0 Å². The Morgan fingerprint density at radius 3 is 0.769 bits per heavy atom. The molecule has 0 aliphatic carbocycles. The van der Waals surface area contributed by atoms with Crippen LogP contribution in [0.5, 0.6) is 0 Å². The summed E-state index contributed by atoms with van der Waals surface area (Å²) in [6, 6.07) is 0. The van der Waals surface area contributed by atoms with E-state index in [-0.39, 0.29) is 53.7 Å². The molecular weight excluding hydrogens is 523 g/mol.